The molecule has 0 saturated carbocycles. The summed E-state index contributed by atoms with van der Waals surface area (Å²) in [6.45, 7) is 0. The Kier molecular flexibility index (Phi) is 3.65. The molecule has 1 rings (SSSR count). The third-order valence-electron chi connectivity index (χ3n) is 1.75. The van der Waals surface area contributed by atoms with Crippen LogP contribution in [0.15, 0.2) is 30.3 Å². The van der Waals surface area contributed by atoms with Gasteiger partial charge in [0.1, 0.15) is 5.38 Å². The molecule has 1 N–H and O–H groups in total. The molecule has 0 bridgehead atoms. The predicted octanol–water partition coefficient (Wildman–Crippen LogP) is 1.49. The molecule has 0 aliphatic carbocycles. The first kappa shape index (κ1) is 10.7. The van der Waals surface area contributed by atoms with Crippen LogP contribution in [0, 0.1) is 0 Å². The fourth-order valence-electron chi connectivity index (χ4n) is 1.05. The van der Waals surface area contributed by atoms with Gasteiger partial charge in [-0.05, 0) is 12.0 Å². The van der Waals surface area contributed by atoms with Gasteiger partial charge in [0.15, 0.2) is 0 Å². The molecule has 1 atom stereocenters. The highest BCUT2D eigenvalue weighted by atomic mass is 35.5. The van der Waals surface area contributed by atoms with Crippen molar-refractivity contribution in [1.82, 2.24) is 0 Å². The zero-order valence-electron chi connectivity index (χ0n) is 7.31. The van der Waals surface area contributed by atoms with Crippen molar-refractivity contribution in [3.05, 3.63) is 35.9 Å². The highest BCUT2D eigenvalue weighted by Gasteiger charge is 2.22. The average molecular weight is 213 g/mol. The molecule has 14 heavy (non-hydrogen) atoms. The Bertz CT molecular complexity index is 334. The maximum Gasteiger partial charge on any atom is 0.373 e. The van der Waals surface area contributed by atoms with E-state index in [1.165, 1.54) is 0 Å². The number of hydrogen-bond donors (Lipinski definition) is 1. The number of halogens is 1. The van der Waals surface area contributed by atoms with Crippen molar-refractivity contribution in [2.75, 3.05) is 0 Å². The van der Waals surface area contributed by atoms with Crippen molar-refractivity contribution in [1.29, 1.82) is 0 Å². The zero-order valence-corrected chi connectivity index (χ0v) is 8.07. The number of hydrogen-bond acceptors (Lipinski definition) is 2. The second-order valence-corrected chi connectivity index (χ2v) is 3.35. The number of rotatable bonds is 4. The highest BCUT2D eigenvalue weighted by molar-refractivity contribution is 6.47. The topological polar surface area (TPSA) is 54.4 Å². The van der Waals surface area contributed by atoms with Gasteiger partial charge in [-0.2, -0.15) is 0 Å². The van der Waals surface area contributed by atoms with Crippen LogP contribution >= 0.6 is 11.6 Å². The number of carbonyl (C=O) groups excluding carboxylic acids is 1. The van der Waals surface area contributed by atoms with E-state index in [0.29, 0.717) is 0 Å². The minimum Gasteiger partial charge on any atom is -0.475 e. The molecule has 0 saturated heterocycles. The van der Waals surface area contributed by atoms with E-state index in [4.69, 9.17) is 16.7 Å². The first-order valence-corrected chi connectivity index (χ1v) is 4.50. The summed E-state index contributed by atoms with van der Waals surface area (Å²) in [6, 6.07) is 9.05. The summed E-state index contributed by atoms with van der Waals surface area (Å²) in [5, 5.41) is 7.41. The van der Waals surface area contributed by atoms with E-state index >= 15 is 0 Å². The standard InChI is InChI=1S/C10H9ClO3/c11-8(9(12)10(13)14)6-7-4-2-1-3-5-7/h1-5,8H,6H2,(H,13,14). The lowest BCUT2D eigenvalue weighted by molar-refractivity contribution is -0.148. The fourth-order valence-corrected chi connectivity index (χ4v) is 1.32. The number of Topliss-reactive ketones (excluding diaryl/α,β-unsaturated/α-hetero) is 1. The smallest absolute Gasteiger partial charge is 0.373 e. The van der Waals surface area contributed by atoms with Crippen LogP contribution in [0.2, 0.25) is 0 Å². The van der Waals surface area contributed by atoms with Gasteiger partial charge in [0.25, 0.3) is 5.78 Å². The lowest BCUT2D eigenvalue weighted by Crippen LogP contribution is -2.25. The Morgan fingerprint density at radius 3 is 2.36 bits per heavy atom. The van der Waals surface area contributed by atoms with Gasteiger partial charge < -0.3 is 5.11 Å². The van der Waals surface area contributed by atoms with Gasteiger partial charge in [-0.3, -0.25) is 4.79 Å². The van der Waals surface area contributed by atoms with E-state index in [1.54, 1.807) is 12.1 Å². The highest BCUT2D eigenvalue weighted by Crippen LogP contribution is 2.08. The minimum atomic E-state index is -1.49. The summed E-state index contributed by atoms with van der Waals surface area (Å²) in [4.78, 5) is 21.2. The molecule has 1 aromatic rings. The van der Waals surface area contributed by atoms with Gasteiger partial charge in [-0.1, -0.05) is 30.3 Å². The van der Waals surface area contributed by atoms with Gasteiger partial charge in [-0.15, -0.1) is 11.6 Å². The maximum absolute atomic E-state index is 10.9. The molecule has 1 unspecified atom stereocenters. The van der Waals surface area contributed by atoms with Crippen LogP contribution in [-0.4, -0.2) is 22.2 Å². The largest absolute Gasteiger partial charge is 0.475 e. The number of carbonyl (C=O) groups is 2. The van der Waals surface area contributed by atoms with Gasteiger partial charge in [0.05, 0.1) is 0 Å². The lowest BCUT2D eigenvalue weighted by Gasteiger charge is -2.04. The number of ketones is 1. The molecule has 0 aromatic heterocycles. The number of alkyl halides is 1. The average Bonchev–Trinajstić information content (AvgIpc) is 2.18. The van der Waals surface area contributed by atoms with E-state index in [-0.39, 0.29) is 6.42 Å². The molecule has 1 aromatic carbocycles. The monoisotopic (exact) mass is 212 g/mol. The molecular weight excluding hydrogens is 204 g/mol. The summed E-state index contributed by atoms with van der Waals surface area (Å²) < 4.78 is 0. The van der Waals surface area contributed by atoms with Crippen LogP contribution < -0.4 is 0 Å². The Morgan fingerprint density at radius 1 is 1.29 bits per heavy atom. The Morgan fingerprint density at radius 2 is 1.86 bits per heavy atom. The zero-order chi connectivity index (χ0) is 10.6. The van der Waals surface area contributed by atoms with Gasteiger partial charge >= 0.3 is 5.97 Å². The molecule has 0 spiro atoms. The van der Waals surface area contributed by atoms with Crippen LogP contribution in [0.4, 0.5) is 0 Å². The van der Waals surface area contributed by atoms with Crippen molar-refractivity contribution < 1.29 is 14.7 Å². The quantitative estimate of drug-likeness (QED) is 0.608. The molecule has 0 radical (unpaired) electrons. The number of carboxylic acid groups (broad SMARTS) is 1. The van der Waals surface area contributed by atoms with Gasteiger partial charge in [0, 0.05) is 0 Å². The van der Waals surface area contributed by atoms with E-state index in [1.807, 2.05) is 18.2 Å². The minimum absolute atomic E-state index is 0.244. The van der Waals surface area contributed by atoms with Crippen molar-refractivity contribution in [3.8, 4) is 0 Å². The summed E-state index contributed by atoms with van der Waals surface area (Å²) in [7, 11) is 0. The molecule has 0 aliphatic heterocycles. The Hall–Kier alpha value is -1.35. The van der Waals surface area contributed by atoms with E-state index in [9.17, 15) is 9.59 Å². The summed E-state index contributed by atoms with van der Waals surface area (Å²) >= 11 is 5.63. The number of carboxylic acids is 1. The summed E-state index contributed by atoms with van der Waals surface area (Å²) in [5.41, 5.74) is 0.849. The van der Waals surface area contributed by atoms with Crippen molar-refractivity contribution >= 4 is 23.4 Å². The van der Waals surface area contributed by atoms with Crippen molar-refractivity contribution in [2.24, 2.45) is 0 Å². The summed E-state index contributed by atoms with van der Waals surface area (Å²) in [5.74, 6) is -2.45. The first-order valence-electron chi connectivity index (χ1n) is 4.06. The molecule has 4 heteroatoms. The van der Waals surface area contributed by atoms with Crippen LogP contribution in [0.5, 0.6) is 0 Å². The number of aliphatic carboxylic acids is 1. The van der Waals surface area contributed by atoms with E-state index < -0.39 is 17.1 Å². The second kappa shape index (κ2) is 4.77. The molecule has 74 valence electrons. The van der Waals surface area contributed by atoms with Crippen LogP contribution in [-0.2, 0) is 16.0 Å². The first-order chi connectivity index (χ1) is 6.61. The van der Waals surface area contributed by atoms with Crippen molar-refractivity contribution in [2.45, 2.75) is 11.8 Å². The normalized spacial score (nSPS) is 12.1. The number of benzene rings is 1. The van der Waals surface area contributed by atoms with Crippen molar-refractivity contribution in [3.63, 3.8) is 0 Å². The maximum atomic E-state index is 10.9. The van der Waals surface area contributed by atoms with Crippen LogP contribution in [0.25, 0.3) is 0 Å². The third kappa shape index (κ3) is 2.85. The summed E-state index contributed by atoms with van der Waals surface area (Å²) in [6.07, 6.45) is 0.244. The fraction of sp³-hybridized carbons (Fsp3) is 0.200. The molecule has 0 heterocycles. The van der Waals surface area contributed by atoms with Gasteiger partial charge in [0.2, 0.25) is 0 Å². The van der Waals surface area contributed by atoms with E-state index in [0.717, 1.165) is 5.56 Å². The van der Waals surface area contributed by atoms with Crippen LogP contribution in [0.1, 0.15) is 5.56 Å². The molecule has 0 aliphatic rings. The Balaban J connectivity index is 2.62. The van der Waals surface area contributed by atoms with E-state index in [2.05, 4.69) is 0 Å². The second-order valence-electron chi connectivity index (χ2n) is 2.83. The van der Waals surface area contributed by atoms with Crippen LogP contribution in [0.3, 0.4) is 0 Å². The molecular formula is C10H9ClO3. The molecule has 0 amide bonds. The third-order valence-corrected chi connectivity index (χ3v) is 2.11. The predicted molar refractivity (Wildman–Crippen MR) is 52.4 cm³/mol. The van der Waals surface area contributed by atoms with Gasteiger partial charge in [-0.25, -0.2) is 4.79 Å². The SMILES string of the molecule is O=C(O)C(=O)C(Cl)Cc1ccccc1. The Labute approximate surface area is 86.3 Å². The molecule has 0 fully saturated rings. The lowest BCUT2D eigenvalue weighted by atomic mass is 10.1. The molecule has 3 nitrogen and oxygen atoms in total.